The number of fused-ring (bicyclic) bond motifs is 2. The molecule has 7 heteroatoms. The highest BCUT2D eigenvalue weighted by molar-refractivity contribution is 7.99. The summed E-state index contributed by atoms with van der Waals surface area (Å²) in [5, 5.41) is 9.12. The zero-order valence-electron chi connectivity index (χ0n) is 18.6. The maximum Gasteiger partial charge on any atom is 0.306 e. The van der Waals surface area contributed by atoms with E-state index in [9.17, 15) is 4.79 Å². The number of piperazine rings is 1. The van der Waals surface area contributed by atoms with Crippen molar-refractivity contribution in [1.82, 2.24) is 9.80 Å². The molecule has 1 atom stereocenters. The van der Waals surface area contributed by atoms with Crippen molar-refractivity contribution in [2.24, 2.45) is 10.9 Å². The van der Waals surface area contributed by atoms with Crippen LogP contribution in [0.15, 0.2) is 63.3 Å². The van der Waals surface area contributed by atoms with E-state index in [0.717, 1.165) is 44.2 Å². The highest BCUT2D eigenvalue weighted by atomic mass is 32.2. The normalized spacial score (nSPS) is 17.2. The third-order valence-electron chi connectivity index (χ3n) is 6.12. The summed E-state index contributed by atoms with van der Waals surface area (Å²) in [5.74, 6) is 0.0366. The number of carboxylic acid groups (broad SMARTS) is 1. The van der Waals surface area contributed by atoms with Crippen molar-refractivity contribution >= 4 is 29.3 Å². The summed E-state index contributed by atoms with van der Waals surface area (Å²) in [6.07, 6.45) is 1.23. The first-order valence-electron chi connectivity index (χ1n) is 11.4. The first-order valence-corrected chi connectivity index (χ1v) is 12.2. The van der Waals surface area contributed by atoms with E-state index in [1.165, 1.54) is 15.4 Å². The number of aliphatic imine (C=N–C) groups is 1. The predicted molar refractivity (Wildman–Crippen MR) is 128 cm³/mol. The summed E-state index contributed by atoms with van der Waals surface area (Å²) < 4.78 is 5.72. The second-order valence-corrected chi connectivity index (χ2v) is 9.26. The van der Waals surface area contributed by atoms with Gasteiger partial charge in [0, 0.05) is 54.7 Å². The van der Waals surface area contributed by atoms with Crippen LogP contribution in [0.25, 0.3) is 0 Å². The third kappa shape index (κ3) is 5.52. The quantitative estimate of drug-likeness (QED) is 0.599. The predicted octanol–water partition coefficient (Wildman–Crippen LogP) is 4.36. The smallest absolute Gasteiger partial charge is 0.306 e. The lowest BCUT2D eigenvalue weighted by Gasteiger charge is -2.36. The van der Waals surface area contributed by atoms with E-state index in [1.54, 1.807) is 11.8 Å². The number of amidine groups is 1. The minimum absolute atomic E-state index is 0.301. The summed E-state index contributed by atoms with van der Waals surface area (Å²) >= 11 is 1.79. The first-order chi connectivity index (χ1) is 15.7. The molecule has 2 aliphatic heterocycles. The van der Waals surface area contributed by atoms with Gasteiger partial charge in [-0.1, -0.05) is 49.0 Å². The molecule has 2 aliphatic rings. The molecule has 6 nitrogen and oxygen atoms in total. The maximum atomic E-state index is 11.1. The molecule has 32 heavy (non-hydrogen) atoms. The van der Waals surface area contributed by atoms with Crippen molar-refractivity contribution in [3.8, 4) is 0 Å². The number of hydrogen-bond donors (Lipinski definition) is 1. The molecule has 1 fully saturated rings. The molecule has 1 unspecified atom stereocenters. The fourth-order valence-electron chi connectivity index (χ4n) is 4.12. The molecule has 0 aromatic heterocycles. The lowest BCUT2D eigenvalue weighted by atomic mass is 10.0. The van der Waals surface area contributed by atoms with Gasteiger partial charge in [-0.2, -0.15) is 0 Å². The van der Waals surface area contributed by atoms with Crippen LogP contribution in [0.1, 0.15) is 25.3 Å². The molecule has 1 N–H and O–H groups in total. The van der Waals surface area contributed by atoms with Crippen LogP contribution >= 0.6 is 11.8 Å². The van der Waals surface area contributed by atoms with Crippen LogP contribution < -0.4 is 0 Å². The van der Waals surface area contributed by atoms with Gasteiger partial charge in [0.15, 0.2) is 0 Å². The van der Waals surface area contributed by atoms with E-state index in [1.807, 2.05) is 13.0 Å². The van der Waals surface area contributed by atoms with E-state index < -0.39 is 5.97 Å². The second-order valence-electron chi connectivity index (χ2n) is 8.17. The average Bonchev–Trinajstić information content (AvgIpc) is 2.98. The van der Waals surface area contributed by atoms with Gasteiger partial charge in [0.2, 0.25) is 0 Å². The van der Waals surface area contributed by atoms with E-state index in [-0.39, 0.29) is 5.92 Å². The summed E-state index contributed by atoms with van der Waals surface area (Å²) in [5.41, 5.74) is 2.24. The molecule has 170 valence electrons. The Balaban J connectivity index is 1.32. The van der Waals surface area contributed by atoms with Crippen molar-refractivity contribution < 1.29 is 14.6 Å². The van der Waals surface area contributed by atoms with Crippen LogP contribution in [0, 0.1) is 5.92 Å². The van der Waals surface area contributed by atoms with Crippen LogP contribution in [0.3, 0.4) is 0 Å². The molecule has 0 spiro atoms. The Morgan fingerprint density at radius 1 is 1.06 bits per heavy atom. The van der Waals surface area contributed by atoms with Gasteiger partial charge in [-0.15, -0.1) is 0 Å². The molecule has 1 saturated heterocycles. The number of hydrogen-bond acceptors (Lipinski definition) is 6. The number of para-hydroxylation sites is 1. The van der Waals surface area contributed by atoms with Crippen LogP contribution in [0.2, 0.25) is 0 Å². The Morgan fingerprint density at radius 2 is 1.78 bits per heavy atom. The molecule has 0 saturated carbocycles. The SMILES string of the molecule is CCC(CCOCCN1CCN(C2=Nc3ccccc3Sc3ccccc32)CC1)C(=O)O. The Kier molecular flexibility index (Phi) is 7.84. The number of nitrogens with zero attached hydrogens (tertiary/aromatic N) is 3. The second kappa shape index (κ2) is 11.0. The van der Waals surface area contributed by atoms with E-state index in [4.69, 9.17) is 14.8 Å². The van der Waals surface area contributed by atoms with Gasteiger partial charge in [0.25, 0.3) is 0 Å². The van der Waals surface area contributed by atoms with Gasteiger partial charge in [-0.05, 0) is 31.0 Å². The number of benzene rings is 2. The van der Waals surface area contributed by atoms with Crippen molar-refractivity contribution in [2.75, 3.05) is 45.9 Å². The topological polar surface area (TPSA) is 65.4 Å². The number of carbonyl (C=O) groups is 1. The number of aliphatic carboxylic acids is 1. The molecule has 0 aliphatic carbocycles. The Hall–Kier alpha value is -2.35. The first kappa shape index (κ1) is 22.8. The van der Waals surface area contributed by atoms with Crippen molar-refractivity contribution in [3.05, 3.63) is 54.1 Å². The van der Waals surface area contributed by atoms with Crippen LogP contribution in [0.4, 0.5) is 5.69 Å². The zero-order chi connectivity index (χ0) is 22.3. The number of ether oxygens (including phenoxy) is 1. The third-order valence-corrected chi connectivity index (χ3v) is 7.26. The van der Waals surface area contributed by atoms with Crippen molar-refractivity contribution in [3.63, 3.8) is 0 Å². The molecule has 0 radical (unpaired) electrons. The lowest BCUT2D eigenvalue weighted by molar-refractivity contribution is -0.142. The highest BCUT2D eigenvalue weighted by Gasteiger charge is 2.25. The highest BCUT2D eigenvalue weighted by Crippen LogP contribution is 2.40. The van der Waals surface area contributed by atoms with Gasteiger partial charge < -0.3 is 14.7 Å². The molecule has 2 aromatic carbocycles. The van der Waals surface area contributed by atoms with Crippen molar-refractivity contribution in [2.45, 2.75) is 29.6 Å². The van der Waals surface area contributed by atoms with E-state index in [2.05, 4.69) is 52.3 Å². The van der Waals surface area contributed by atoms with Gasteiger partial charge >= 0.3 is 5.97 Å². The summed E-state index contributed by atoms with van der Waals surface area (Å²) in [6.45, 7) is 7.72. The fraction of sp³-hybridized carbons (Fsp3) is 0.440. The standard InChI is InChI=1S/C25H31N3O3S/c1-2-19(25(29)30)11-17-31-18-16-27-12-14-28(15-13-27)24-20-7-3-5-9-22(20)32-23-10-6-4-8-21(23)26-24/h3-10,19H,2,11-18H2,1H3,(H,29,30). The molecule has 0 bridgehead atoms. The summed E-state index contributed by atoms with van der Waals surface area (Å²) in [6, 6.07) is 16.9. The summed E-state index contributed by atoms with van der Waals surface area (Å²) in [4.78, 5) is 23.4. The molecule has 2 heterocycles. The van der Waals surface area contributed by atoms with E-state index >= 15 is 0 Å². The molecule has 0 amide bonds. The van der Waals surface area contributed by atoms with Gasteiger partial charge in [-0.3, -0.25) is 9.69 Å². The lowest BCUT2D eigenvalue weighted by Crippen LogP contribution is -2.49. The zero-order valence-corrected chi connectivity index (χ0v) is 19.4. The van der Waals surface area contributed by atoms with Crippen LogP contribution in [-0.2, 0) is 9.53 Å². The van der Waals surface area contributed by atoms with Crippen molar-refractivity contribution in [1.29, 1.82) is 0 Å². The largest absolute Gasteiger partial charge is 0.481 e. The fourth-order valence-corrected chi connectivity index (χ4v) is 5.13. The number of carboxylic acids is 1. The minimum atomic E-state index is -0.726. The molecular formula is C25H31N3O3S. The Bertz CT molecular complexity index is 957. The molecular weight excluding hydrogens is 422 g/mol. The van der Waals surface area contributed by atoms with Gasteiger partial charge in [0.1, 0.15) is 5.84 Å². The molecule has 4 rings (SSSR count). The molecule has 2 aromatic rings. The summed E-state index contributed by atoms with van der Waals surface area (Å²) in [7, 11) is 0. The van der Waals surface area contributed by atoms with Crippen LogP contribution in [-0.4, -0.2) is 72.6 Å². The van der Waals surface area contributed by atoms with Crippen LogP contribution in [0.5, 0.6) is 0 Å². The van der Waals surface area contributed by atoms with E-state index in [0.29, 0.717) is 26.1 Å². The number of rotatable bonds is 8. The maximum absolute atomic E-state index is 11.1. The minimum Gasteiger partial charge on any atom is -0.481 e. The average molecular weight is 454 g/mol. The Labute approximate surface area is 194 Å². The Morgan fingerprint density at radius 3 is 2.53 bits per heavy atom. The van der Waals surface area contributed by atoms with Gasteiger partial charge in [-0.25, -0.2) is 4.99 Å². The monoisotopic (exact) mass is 453 g/mol. The van der Waals surface area contributed by atoms with Gasteiger partial charge in [0.05, 0.1) is 18.2 Å².